The molecule has 0 radical (unpaired) electrons. The SMILES string of the molecule is Cc1ccc(F)c(NC(=O)CN2C(=O)c3cccc([N+](=O)[O-])c3C2=O)c1. The second-order valence-corrected chi connectivity index (χ2v) is 5.68. The number of rotatable bonds is 4. The molecule has 3 rings (SSSR count). The van der Waals surface area contributed by atoms with Gasteiger partial charge in [-0.05, 0) is 30.7 Å². The lowest BCUT2D eigenvalue weighted by Gasteiger charge is -2.14. The Morgan fingerprint density at radius 2 is 1.96 bits per heavy atom. The summed E-state index contributed by atoms with van der Waals surface area (Å²) in [4.78, 5) is 47.7. The number of nitro benzene ring substituents is 1. The summed E-state index contributed by atoms with van der Waals surface area (Å²) in [5.74, 6) is -3.21. The lowest BCUT2D eigenvalue weighted by molar-refractivity contribution is -0.385. The molecule has 1 aliphatic rings. The van der Waals surface area contributed by atoms with Crippen LogP contribution in [0.25, 0.3) is 0 Å². The van der Waals surface area contributed by atoms with Crippen molar-refractivity contribution in [3.63, 3.8) is 0 Å². The molecule has 1 aliphatic heterocycles. The lowest BCUT2D eigenvalue weighted by Crippen LogP contribution is -2.37. The van der Waals surface area contributed by atoms with E-state index in [0.717, 1.165) is 6.07 Å². The molecule has 0 fully saturated rings. The normalized spacial score (nSPS) is 12.9. The van der Waals surface area contributed by atoms with E-state index in [1.807, 2.05) is 0 Å². The van der Waals surface area contributed by atoms with Crippen molar-refractivity contribution in [1.29, 1.82) is 0 Å². The first-order chi connectivity index (χ1) is 12.3. The van der Waals surface area contributed by atoms with Crippen LogP contribution in [0.1, 0.15) is 26.3 Å². The number of hydrogen-bond acceptors (Lipinski definition) is 5. The fourth-order valence-electron chi connectivity index (χ4n) is 2.68. The highest BCUT2D eigenvalue weighted by atomic mass is 19.1. The number of halogens is 1. The standard InChI is InChI=1S/C17H12FN3O5/c1-9-5-6-11(18)12(7-9)19-14(22)8-20-16(23)10-3-2-4-13(21(25)26)15(10)17(20)24/h2-7H,8H2,1H3,(H,19,22). The molecular formula is C17H12FN3O5. The summed E-state index contributed by atoms with van der Waals surface area (Å²) >= 11 is 0. The summed E-state index contributed by atoms with van der Waals surface area (Å²) in [5, 5.41) is 13.3. The van der Waals surface area contributed by atoms with Gasteiger partial charge < -0.3 is 5.32 Å². The molecule has 0 saturated carbocycles. The number of imide groups is 1. The van der Waals surface area contributed by atoms with E-state index in [2.05, 4.69) is 5.32 Å². The molecule has 0 saturated heterocycles. The number of nitrogens with zero attached hydrogens (tertiary/aromatic N) is 2. The molecular weight excluding hydrogens is 345 g/mol. The number of aryl methyl sites for hydroxylation is 1. The Labute approximate surface area is 146 Å². The Hall–Kier alpha value is -3.62. The molecule has 26 heavy (non-hydrogen) atoms. The number of anilines is 1. The van der Waals surface area contributed by atoms with E-state index in [-0.39, 0.29) is 16.8 Å². The summed E-state index contributed by atoms with van der Waals surface area (Å²) in [5.41, 5.74) is -0.375. The van der Waals surface area contributed by atoms with Crippen molar-refractivity contribution >= 4 is 29.1 Å². The Morgan fingerprint density at radius 3 is 2.65 bits per heavy atom. The van der Waals surface area contributed by atoms with E-state index in [1.165, 1.54) is 30.3 Å². The van der Waals surface area contributed by atoms with Crippen molar-refractivity contribution in [1.82, 2.24) is 4.90 Å². The first kappa shape index (κ1) is 17.2. The summed E-state index contributed by atoms with van der Waals surface area (Å²) in [7, 11) is 0. The monoisotopic (exact) mass is 357 g/mol. The van der Waals surface area contributed by atoms with E-state index >= 15 is 0 Å². The van der Waals surface area contributed by atoms with Crippen LogP contribution in [0.15, 0.2) is 36.4 Å². The average molecular weight is 357 g/mol. The van der Waals surface area contributed by atoms with Gasteiger partial charge in [-0.1, -0.05) is 12.1 Å². The molecule has 0 aromatic heterocycles. The number of nitrogens with one attached hydrogen (secondary N) is 1. The molecule has 9 heteroatoms. The quantitative estimate of drug-likeness (QED) is 0.513. The predicted molar refractivity (Wildman–Crippen MR) is 88.2 cm³/mol. The Bertz CT molecular complexity index is 973. The average Bonchev–Trinajstić information content (AvgIpc) is 2.83. The van der Waals surface area contributed by atoms with Crippen LogP contribution in [-0.2, 0) is 4.79 Å². The molecule has 132 valence electrons. The zero-order chi connectivity index (χ0) is 19.0. The minimum atomic E-state index is -0.933. The number of nitro groups is 1. The molecule has 8 nitrogen and oxygen atoms in total. The molecule has 3 amide bonds. The maximum atomic E-state index is 13.7. The first-order valence-electron chi connectivity index (χ1n) is 7.49. The highest BCUT2D eigenvalue weighted by Gasteiger charge is 2.41. The number of fused-ring (bicyclic) bond motifs is 1. The van der Waals surface area contributed by atoms with E-state index in [4.69, 9.17) is 0 Å². The third-order valence-corrected chi connectivity index (χ3v) is 3.87. The van der Waals surface area contributed by atoms with Crippen molar-refractivity contribution in [2.75, 3.05) is 11.9 Å². The maximum Gasteiger partial charge on any atom is 0.282 e. The molecule has 0 aliphatic carbocycles. The van der Waals surface area contributed by atoms with Gasteiger partial charge in [0.05, 0.1) is 16.2 Å². The lowest BCUT2D eigenvalue weighted by atomic mass is 10.1. The van der Waals surface area contributed by atoms with Gasteiger partial charge in [-0.3, -0.25) is 29.4 Å². The van der Waals surface area contributed by atoms with Crippen molar-refractivity contribution in [3.8, 4) is 0 Å². The minimum Gasteiger partial charge on any atom is -0.322 e. The molecule has 2 aromatic rings. The van der Waals surface area contributed by atoms with Gasteiger partial charge in [-0.2, -0.15) is 0 Å². The van der Waals surface area contributed by atoms with Crippen molar-refractivity contribution in [2.24, 2.45) is 0 Å². The topological polar surface area (TPSA) is 110 Å². The highest BCUT2D eigenvalue weighted by Crippen LogP contribution is 2.30. The zero-order valence-electron chi connectivity index (χ0n) is 13.5. The molecule has 0 atom stereocenters. The summed E-state index contributed by atoms with van der Waals surface area (Å²) in [6, 6.07) is 7.77. The molecule has 2 aromatic carbocycles. The minimum absolute atomic E-state index is 0.0856. The second-order valence-electron chi connectivity index (χ2n) is 5.68. The van der Waals surface area contributed by atoms with Crippen molar-refractivity contribution < 1.29 is 23.7 Å². The van der Waals surface area contributed by atoms with Crippen molar-refractivity contribution in [2.45, 2.75) is 6.92 Å². The highest BCUT2D eigenvalue weighted by molar-refractivity contribution is 6.24. The van der Waals surface area contributed by atoms with Gasteiger partial charge in [0, 0.05) is 6.07 Å². The maximum absolute atomic E-state index is 13.7. The Morgan fingerprint density at radius 1 is 1.23 bits per heavy atom. The van der Waals surface area contributed by atoms with Gasteiger partial charge in [-0.25, -0.2) is 4.39 Å². The van der Waals surface area contributed by atoms with Crippen LogP contribution in [0.5, 0.6) is 0 Å². The first-order valence-corrected chi connectivity index (χ1v) is 7.49. The number of benzene rings is 2. The number of carbonyl (C=O) groups is 3. The molecule has 1 N–H and O–H groups in total. The van der Waals surface area contributed by atoms with Crippen LogP contribution < -0.4 is 5.32 Å². The van der Waals surface area contributed by atoms with Crippen LogP contribution >= 0.6 is 0 Å². The van der Waals surface area contributed by atoms with Crippen LogP contribution in [0, 0.1) is 22.9 Å². The van der Waals surface area contributed by atoms with E-state index in [9.17, 15) is 28.9 Å². The fraction of sp³-hybridized carbons (Fsp3) is 0.118. The van der Waals surface area contributed by atoms with Gasteiger partial charge in [0.15, 0.2) is 0 Å². The van der Waals surface area contributed by atoms with Crippen LogP contribution in [0.2, 0.25) is 0 Å². The van der Waals surface area contributed by atoms with Crippen molar-refractivity contribution in [3.05, 3.63) is 69.0 Å². The van der Waals surface area contributed by atoms with Gasteiger partial charge in [0.2, 0.25) is 5.91 Å². The zero-order valence-corrected chi connectivity index (χ0v) is 13.5. The van der Waals surface area contributed by atoms with Gasteiger partial charge >= 0.3 is 0 Å². The molecule has 0 spiro atoms. The van der Waals surface area contributed by atoms with E-state index in [0.29, 0.717) is 10.5 Å². The molecule has 0 unspecified atom stereocenters. The second kappa shape index (κ2) is 6.36. The fourth-order valence-corrected chi connectivity index (χ4v) is 2.68. The van der Waals surface area contributed by atoms with Gasteiger partial charge in [0.1, 0.15) is 17.9 Å². The summed E-state index contributed by atoms with van der Waals surface area (Å²) < 4.78 is 13.7. The van der Waals surface area contributed by atoms with Crippen LogP contribution in [-0.4, -0.2) is 34.1 Å². The summed E-state index contributed by atoms with van der Waals surface area (Å²) in [6.07, 6.45) is 0. The van der Waals surface area contributed by atoms with E-state index < -0.39 is 40.7 Å². The van der Waals surface area contributed by atoms with E-state index in [1.54, 1.807) is 6.92 Å². The smallest absolute Gasteiger partial charge is 0.282 e. The number of amides is 3. The number of hydrogen-bond donors (Lipinski definition) is 1. The number of carbonyl (C=O) groups excluding carboxylic acids is 3. The van der Waals surface area contributed by atoms with Crippen LogP contribution in [0.4, 0.5) is 15.8 Å². The van der Waals surface area contributed by atoms with Gasteiger partial charge in [0.25, 0.3) is 17.5 Å². The summed E-state index contributed by atoms with van der Waals surface area (Å²) in [6.45, 7) is 1.02. The largest absolute Gasteiger partial charge is 0.322 e. The van der Waals surface area contributed by atoms with Gasteiger partial charge in [-0.15, -0.1) is 0 Å². The Kier molecular flexibility index (Phi) is 4.21. The van der Waals surface area contributed by atoms with Crippen LogP contribution in [0.3, 0.4) is 0 Å². The predicted octanol–water partition coefficient (Wildman–Crippen LogP) is 2.28. The third kappa shape index (κ3) is 2.90. The Balaban J connectivity index is 1.83. The molecule has 0 bridgehead atoms. The molecule has 1 heterocycles. The third-order valence-electron chi connectivity index (χ3n) is 3.87.